The summed E-state index contributed by atoms with van der Waals surface area (Å²) in [6.45, 7) is 2.04. The van der Waals surface area contributed by atoms with Crippen molar-refractivity contribution >= 4 is 44.3 Å². The van der Waals surface area contributed by atoms with Crippen molar-refractivity contribution < 1.29 is 0 Å². The Kier molecular flexibility index (Phi) is 5.77. The Labute approximate surface area is 159 Å². The van der Waals surface area contributed by atoms with Gasteiger partial charge in [-0.2, -0.15) is 0 Å². The van der Waals surface area contributed by atoms with E-state index < -0.39 is 0 Å². The van der Waals surface area contributed by atoms with Crippen LogP contribution in [-0.4, -0.2) is 15.0 Å². The molecule has 3 aromatic heterocycles. The van der Waals surface area contributed by atoms with E-state index in [0.29, 0.717) is 5.13 Å². The van der Waals surface area contributed by atoms with Gasteiger partial charge >= 0.3 is 0 Å². The summed E-state index contributed by atoms with van der Waals surface area (Å²) < 4.78 is 0. The summed E-state index contributed by atoms with van der Waals surface area (Å²) in [4.78, 5) is 12.4. The lowest BCUT2D eigenvalue weighted by molar-refractivity contribution is 1.30. The van der Waals surface area contributed by atoms with Crippen LogP contribution in [0.5, 0.6) is 0 Å². The van der Waals surface area contributed by atoms with E-state index in [2.05, 4.69) is 20.3 Å². The van der Waals surface area contributed by atoms with E-state index in [0.717, 1.165) is 33.3 Å². The van der Waals surface area contributed by atoms with Gasteiger partial charge in [0.2, 0.25) is 0 Å². The molecule has 6 nitrogen and oxygen atoms in total. The molecule has 4 rings (SSSR count). The van der Waals surface area contributed by atoms with Gasteiger partial charge in [-0.1, -0.05) is 6.07 Å². The van der Waals surface area contributed by atoms with Gasteiger partial charge in [-0.3, -0.25) is 4.98 Å². The maximum atomic E-state index is 5.81. The van der Waals surface area contributed by atoms with Crippen molar-refractivity contribution in [1.82, 2.24) is 15.0 Å². The number of aryl methyl sites for hydroxylation is 1. The van der Waals surface area contributed by atoms with Crippen LogP contribution >= 0.6 is 22.7 Å². The highest BCUT2D eigenvalue weighted by molar-refractivity contribution is 7.14. The molecule has 0 atom stereocenters. The number of nitrogen functional groups attached to an aromatic ring is 2. The summed E-state index contributed by atoms with van der Waals surface area (Å²) >= 11 is 3.01. The molecule has 1 aromatic carbocycles. The first kappa shape index (κ1) is 17.8. The largest absolute Gasteiger partial charge is 0.399 e. The van der Waals surface area contributed by atoms with Gasteiger partial charge in [-0.15, -0.1) is 22.7 Å². The third-order valence-corrected chi connectivity index (χ3v) is 4.78. The van der Waals surface area contributed by atoms with Gasteiger partial charge < -0.3 is 16.8 Å². The minimum atomic E-state index is 0.634. The molecule has 4 aromatic rings. The Morgan fingerprint density at radius 3 is 2.62 bits per heavy atom. The fourth-order valence-corrected chi connectivity index (χ4v) is 3.22. The van der Waals surface area contributed by atoms with E-state index in [-0.39, 0.29) is 0 Å². The van der Waals surface area contributed by atoms with Gasteiger partial charge in [0.1, 0.15) is 0 Å². The number of thiazole rings is 2. The molecule has 0 saturated carbocycles. The molecule has 0 aliphatic carbocycles. The predicted molar refractivity (Wildman–Crippen MR) is 111 cm³/mol. The first-order chi connectivity index (χ1) is 12.6. The lowest BCUT2D eigenvalue weighted by atomic mass is 10.2. The van der Waals surface area contributed by atoms with E-state index in [1.54, 1.807) is 23.7 Å². The van der Waals surface area contributed by atoms with Crippen LogP contribution in [0.3, 0.4) is 0 Å². The van der Waals surface area contributed by atoms with Crippen molar-refractivity contribution in [1.29, 1.82) is 0 Å². The zero-order chi connectivity index (χ0) is 18.4. The van der Waals surface area contributed by atoms with Gasteiger partial charge in [0.15, 0.2) is 10.3 Å². The normalized spacial score (nSPS) is 10.0. The molecule has 0 aliphatic rings. The standard InChI is InChI=1S/C15H14N4S.C3H4N2S/c1-10-4-5-12(16)7-13(10)18-15-19-14(9-20-15)11-3-2-6-17-8-11;4-3-5-1-2-6-3/h2-9H,16H2,1H3,(H,18,19);1-2H,(H2,4,5). The van der Waals surface area contributed by atoms with Gasteiger partial charge in [0, 0.05) is 46.3 Å². The Bertz CT molecular complexity index is 951. The first-order valence-corrected chi connectivity index (χ1v) is 9.52. The predicted octanol–water partition coefficient (Wildman–Crippen LogP) is 4.56. The summed E-state index contributed by atoms with van der Waals surface area (Å²) in [5, 5.41) is 8.65. The second kappa shape index (κ2) is 8.41. The zero-order valence-corrected chi connectivity index (χ0v) is 15.7. The zero-order valence-electron chi connectivity index (χ0n) is 14.1. The van der Waals surface area contributed by atoms with Crippen molar-refractivity contribution in [2.45, 2.75) is 6.92 Å². The van der Waals surface area contributed by atoms with Crippen LogP contribution in [0.15, 0.2) is 59.7 Å². The Morgan fingerprint density at radius 2 is 1.96 bits per heavy atom. The van der Waals surface area contributed by atoms with Crippen molar-refractivity contribution in [3.05, 3.63) is 65.2 Å². The van der Waals surface area contributed by atoms with Crippen LogP contribution in [0.4, 0.5) is 21.6 Å². The van der Waals surface area contributed by atoms with Gasteiger partial charge in [-0.05, 0) is 36.8 Å². The number of rotatable bonds is 3. The van der Waals surface area contributed by atoms with E-state index in [1.165, 1.54) is 11.3 Å². The SMILES string of the molecule is Cc1ccc(N)cc1Nc1nc(-c2cccnc2)cs1.Nc1nccs1. The summed E-state index contributed by atoms with van der Waals surface area (Å²) in [5.74, 6) is 0. The Balaban J connectivity index is 0.000000278. The number of anilines is 4. The number of nitrogens with two attached hydrogens (primary N) is 2. The highest BCUT2D eigenvalue weighted by Crippen LogP contribution is 2.28. The average molecular weight is 383 g/mol. The lowest BCUT2D eigenvalue weighted by Crippen LogP contribution is -1.94. The molecular formula is C18H18N6S2. The molecule has 0 spiro atoms. The molecule has 5 N–H and O–H groups in total. The molecule has 0 fully saturated rings. The average Bonchev–Trinajstić information content (AvgIpc) is 3.31. The smallest absolute Gasteiger partial charge is 0.187 e. The minimum absolute atomic E-state index is 0.634. The van der Waals surface area contributed by atoms with Crippen LogP contribution in [0, 0.1) is 6.92 Å². The Hall–Kier alpha value is -2.97. The third kappa shape index (κ3) is 4.78. The molecule has 0 aliphatic heterocycles. The van der Waals surface area contributed by atoms with Gasteiger partial charge in [0.25, 0.3) is 0 Å². The van der Waals surface area contributed by atoms with Crippen LogP contribution < -0.4 is 16.8 Å². The molecule has 0 saturated heterocycles. The quantitative estimate of drug-likeness (QED) is 0.449. The summed E-state index contributed by atoms with van der Waals surface area (Å²) in [6, 6.07) is 9.71. The minimum Gasteiger partial charge on any atom is -0.399 e. The molecule has 132 valence electrons. The van der Waals surface area contributed by atoms with Crippen LogP contribution in [-0.2, 0) is 0 Å². The van der Waals surface area contributed by atoms with E-state index in [9.17, 15) is 0 Å². The summed E-state index contributed by atoms with van der Waals surface area (Å²) in [7, 11) is 0. The summed E-state index contributed by atoms with van der Waals surface area (Å²) in [6.07, 6.45) is 5.25. The van der Waals surface area contributed by atoms with Crippen LogP contribution in [0.25, 0.3) is 11.3 Å². The second-order valence-electron chi connectivity index (χ2n) is 5.35. The number of hydrogen-bond acceptors (Lipinski definition) is 8. The maximum absolute atomic E-state index is 5.81. The van der Waals surface area contributed by atoms with E-state index >= 15 is 0 Å². The number of nitrogens with one attached hydrogen (secondary N) is 1. The number of nitrogens with zero attached hydrogens (tertiary/aromatic N) is 3. The van der Waals surface area contributed by atoms with Crippen molar-refractivity contribution in [2.24, 2.45) is 0 Å². The molecular weight excluding hydrogens is 364 g/mol. The molecule has 0 amide bonds. The highest BCUT2D eigenvalue weighted by Gasteiger charge is 2.06. The topological polar surface area (TPSA) is 103 Å². The first-order valence-electron chi connectivity index (χ1n) is 7.76. The van der Waals surface area contributed by atoms with Crippen molar-refractivity contribution in [2.75, 3.05) is 16.8 Å². The number of pyridine rings is 1. The molecule has 0 bridgehead atoms. The van der Waals surface area contributed by atoms with E-state index in [1.807, 2.05) is 54.2 Å². The number of benzene rings is 1. The van der Waals surface area contributed by atoms with Crippen LogP contribution in [0.1, 0.15) is 5.56 Å². The molecule has 3 heterocycles. The molecule has 0 unspecified atom stereocenters. The highest BCUT2D eigenvalue weighted by atomic mass is 32.1. The molecule has 26 heavy (non-hydrogen) atoms. The van der Waals surface area contributed by atoms with Crippen molar-refractivity contribution in [3.8, 4) is 11.3 Å². The fourth-order valence-electron chi connectivity index (χ4n) is 2.10. The second-order valence-corrected chi connectivity index (χ2v) is 7.13. The monoisotopic (exact) mass is 382 g/mol. The number of hydrogen-bond donors (Lipinski definition) is 3. The Morgan fingerprint density at radius 1 is 1.08 bits per heavy atom. The van der Waals surface area contributed by atoms with Crippen LogP contribution in [0.2, 0.25) is 0 Å². The van der Waals surface area contributed by atoms with Gasteiger partial charge in [-0.25, -0.2) is 9.97 Å². The number of aromatic nitrogens is 3. The maximum Gasteiger partial charge on any atom is 0.187 e. The fraction of sp³-hybridized carbons (Fsp3) is 0.0556. The van der Waals surface area contributed by atoms with Crippen molar-refractivity contribution in [3.63, 3.8) is 0 Å². The summed E-state index contributed by atoms with van der Waals surface area (Å²) in [5.41, 5.74) is 15.8. The lowest BCUT2D eigenvalue weighted by Gasteiger charge is -2.07. The van der Waals surface area contributed by atoms with E-state index in [4.69, 9.17) is 11.5 Å². The van der Waals surface area contributed by atoms with Gasteiger partial charge in [0.05, 0.1) is 5.69 Å². The third-order valence-electron chi connectivity index (χ3n) is 3.42. The molecule has 8 heteroatoms. The molecule has 0 radical (unpaired) electrons.